The molecule has 0 aliphatic rings. The van der Waals surface area contributed by atoms with E-state index in [4.69, 9.17) is 4.74 Å². The van der Waals surface area contributed by atoms with Gasteiger partial charge in [-0.25, -0.2) is 0 Å². The monoisotopic (exact) mass is 207 g/mol. The maximum absolute atomic E-state index is 10.6. The number of aromatic hydroxyl groups is 1. The minimum atomic E-state index is -0.859. The number of phenolic OH excluding ortho intramolecular Hbond substituents is 1. The van der Waals surface area contributed by atoms with Gasteiger partial charge >= 0.3 is 5.91 Å². The van der Waals surface area contributed by atoms with Gasteiger partial charge in [0.25, 0.3) is 0 Å². The molecule has 0 atom stereocenters. The fourth-order valence-corrected chi connectivity index (χ4v) is 0.996. The van der Waals surface area contributed by atoms with Crippen LogP contribution in [0.4, 0.5) is 0 Å². The minimum absolute atomic E-state index is 0.00879. The highest BCUT2D eigenvalue weighted by Crippen LogP contribution is 2.26. The molecule has 0 radical (unpaired) electrons. The molecule has 1 rings (SSSR count). The number of hydrogen-bond acceptors (Lipinski definition) is 4. The molecule has 15 heavy (non-hydrogen) atoms. The molecule has 0 bridgehead atoms. The average Bonchev–Trinajstić information content (AvgIpc) is 2.27. The molecule has 1 amide bonds. The molecule has 5 heteroatoms. The van der Waals surface area contributed by atoms with Crippen molar-refractivity contribution in [1.29, 1.82) is 0 Å². The summed E-state index contributed by atoms with van der Waals surface area (Å²) in [5, 5.41) is 11.5. The van der Waals surface area contributed by atoms with Gasteiger partial charge in [0.05, 0.1) is 7.11 Å². The molecule has 0 fully saturated rings. The highest BCUT2D eigenvalue weighted by molar-refractivity contribution is 5.92. The first-order chi connectivity index (χ1) is 7.17. The SMILES string of the molecule is COc1cc(/C=C/C(=O)N=O)ccc1O. The third-order valence-electron chi connectivity index (χ3n) is 1.71. The molecule has 0 aliphatic carbocycles. The largest absolute Gasteiger partial charge is 0.504 e. The molecule has 0 spiro atoms. The third-order valence-corrected chi connectivity index (χ3v) is 1.71. The Balaban J connectivity index is 2.92. The molecular formula is C10H9NO4. The van der Waals surface area contributed by atoms with Crippen LogP contribution < -0.4 is 4.74 Å². The molecule has 1 N–H and O–H groups in total. The Morgan fingerprint density at radius 3 is 2.87 bits per heavy atom. The zero-order chi connectivity index (χ0) is 11.3. The normalized spacial score (nSPS) is 10.2. The van der Waals surface area contributed by atoms with Gasteiger partial charge in [-0.1, -0.05) is 6.07 Å². The van der Waals surface area contributed by atoms with Crippen LogP contribution in [0.1, 0.15) is 5.56 Å². The van der Waals surface area contributed by atoms with E-state index in [0.717, 1.165) is 6.08 Å². The molecule has 0 saturated carbocycles. The molecule has 0 heterocycles. The summed E-state index contributed by atoms with van der Waals surface area (Å²) in [7, 11) is 1.42. The van der Waals surface area contributed by atoms with Crippen LogP contribution in [-0.4, -0.2) is 18.1 Å². The van der Waals surface area contributed by atoms with Gasteiger partial charge in [-0.15, -0.1) is 4.91 Å². The number of carbonyl (C=O) groups excluding carboxylic acids is 1. The van der Waals surface area contributed by atoms with Crippen LogP contribution in [-0.2, 0) is 4.79 Å². The average molecular weight is 207 g/mol. The molecule has 5 nitrogen and oxygen atoms in total. The van der Waals surface area contributed by atoms with Crippen molar-refractivity contribution in [2.24, 2.45) is 5.18 Å². The Bertz CT molecular complexity index is 412. The van der Waals surface area contributed by atoms with Crippen LogP contribution in [0, 0.1) is 4.91 Å². The van der Waals surface area contributed by atoms with Gasteiger partial charge < -0.3 is 9.84 Å². The molecule has 0 saturated heterocycles. The summed E-state index contributed by atoms with van der Waals surface area (Å²) in [4.78, 5) is 20.3. The Kier molecular flexibility index (Phi) is 3.56. The number of benzene rings is 1. The van der Waals surface area contributed by atoms with Gasteiger partial charge in [-0.2, -0.15) is 0 Å². The zero-order valence-electron chi connectivity index (χ0n) is 8.01. The molecule has 0 unspecified atom stereocenters. The van der Waals surface area contributed by atoms with Gasteiger partial charge in [0.2, 0.25) is 0 Å². The summed E-state index contributed by atoms with van der Waals surface area (Å²) in [5.41, 5.74) is 0.627. The maximum Gasteiger partial charge on any atom is 0.309 e. The molecule has 78 valence electrons. The minimum Gasteiger partial charge on any atom is -0.504 e. The Hall–Kier alpha value is -2.17. The van der Waals surface area contributed by atoms with Crippen LogP contribution in [0.15, 0.2) is 29.5 Å². The Morgan fingerprint density at radius 1 is 1.53 bits per heavy atom. The third kappa shape index (κ3) is 2.91. The number of methoxy groups -OCH3 is 1. The number of nitroso groups, excluding NO2 is 1. The number of nitrogens with zero attached hydrogens (tertiary/aromatic N) is 1. The van der Waals surface area contributed by atoms with Crippen LogP contribution in [0.3, 0.4) is 0 Å². The van der Waals surface area contributed by atoms with Gasteiger partial charge in [-0.05, 0) is 23.8 Å². The highest BCUT2D eigenvalue weighted by atomic mass is 16.5. The predicted molar refractivity (Wildman–Crippen MR) is 54.5 cm³/mol. The van der Waals surface area contributed by atoms with Gasteiger partial charge in [0, 0.05) is 11.3 Å². The van der Waals surface area contributed by atoms with Crippen molar-refractivity contribution in [3.63, 3.8) is 0 Å². The number of ether oxygens (including phenoxy) is 1. The second-order valence-electron chi connectivity index (χ2n) is 2.69. The molecule has 1 aromatic rings. The van der Waals surface area contributed by atoms with E-state index in [9.17, 15) is 14.8 Å². The van der Waals surface area contributed by atoms with Crippen molar-refractivity contribution in [1.82, 2.24) is 0 Å². The summed E-state index contributed by atoms with van der Waals surface area (Å²) in [6.45, 7) is 0. The number of hydrogen-bond donors (Lipinski definition) is 1. The van der Waals surface area contributed by atoms with Crippen LogP contribution in [0.2, 0.25) is 0 Å². The van der Waals surface area contributed by atoms with Crippen LogP contribution >= 0.6 is 0 Å². The van der Waals surface area contributed by atoms with Crippen LogP contribution in [0.5, 0.6) is 11.5 Å². The van der Waals surface area contributed by atoms with Crippen molar-refractivity contribution >= 4 is 12.0 Å². The first-order valence-corrected chi connectivity index (χ1v) is 4.10. The van der Waals surface area contributed by atoms with Crippen molar-refractivity contribution in [2.45, 2.75) is 0 Å². The number of phenols is 1. The highest BCUT2D eigenvalue weighted by Gasteiger charge is 2.00. The van der Waals surface area contributed by atoms with E-state index in [1.807, 2.05) is 0 Å². The van der Waals surface area contributed by atoms with Gasteiger partial charge in [-0.3, -0.25) is 4.79 Å². The summed E-state index contributed by atoms with van der Waals surface area (Å²) in [6, 6.07) is 4.54. The Labute approximate surface area is 86.0 Å². The fourth-order valence-electron chi connectivity index (χ4n) is 0.996. The van der Waals surface area contributed by atoms with E-state index < -0.39 is 5.91 Å². The quantitative estimate of drug-likeness (QED) is 0.604. The van der Waals surface area contributed by atoms with E-state index in [2.05, 4.69) is 5.18 Å². The maximum atomic E-state index is 10.6. The van der Waals surface area contributed by atoms with Crippen molar-refractivity contribution in [3.8, 4) is 11.5 Å². The second kappa shape index (κ2) is 4.90. The van der Waals surface area contributed by atoms with E-state index in [-0.39, 0.29) is 5.75 Å². The summed E-state index contributed by atoms with van der Waals surface area (Å²) in [6.07, 6.45) is 2.45. The lowest BCUT2D eigenvalue weighted by Gasteiger charge is -2.03. The van der Waals surface area contributed by atoms with Crippen molar-refractivity contribution in [2.75, 3.05) is 7.11 Å². The van der Waals surface area contributed by atoms with E-state index in [1.165, 1.54) is 25.3 Å². The molecular weight excluding hydrogens is 198 g/mol. The standard InChI is InChI=1S/C10H9NO4/c1-15-9-6-7(2-4-8(9)12)3-5-10(13)11-14/h2-6,12H,1H3/b5-3+. The first kappa shape index (κ1) is 10.9. The zero-order valence-corrected chi connectivity index (χ0v) is 8.01. The summed E-state index contributed by atoms with van der Waals surface area (Å²) >= 11 is 0. The number of rotatable bonds is 3. The van der Waals surface area contributed by atoms with Crippen LogP contribution in [0.25, 0.3) is 6.08 Å². The van der Waals surface area contributed by atoms with Gasteiger partial charge in [0.15, 0.2) is 11.5 Å². The van der Waals surface area contributed by atoms with Crippen molar-refractivity contribution < 1.29 is 14.6 Å². The van der Waals surface area contributed by atoms with Crippen molar-refractivity contribution in [3.05, 3.63) is 34.7 Å². The number of amides is 1. The summed E-state index contributed by atoms with van der Waals surface area (Å²) in [5.74, 6) is -0.555. The number of carbonyl (C=O) groups is 1. The fraction of sp³-hybridized carbons (Fsp3) is 0.100. The first-order valence-electron chi connectivity index (χ1n) is 4.10. The lowest BCUT2D eigenvalue weighted by molar-refractivity contribution is -0.113. The lowest BCUT2D eigenvalue weighted by Crippen LogP contribution is -1.85. The molecule has 0 aromatic heterocycles. The predicted octanol–water partition coefficient (Wildman–Crippen LogP) is 1.71. The van der Waals surface area contributed by atoms with E-state index in [1.54, 1.807) is 6.07 Å². The summed E-state index contributed by atoms with van der Waals surface area (Å²) < 4.78 is 4.86. The topological polar surface area (TPSA) is 76.0 Å². The van der Waals surface area contributed by atoms with E-state index in [0.29, 0.717) is 11.3 Å². The Morgan fingerprint density at radius 2 is 2.27 bits per heavy atom. The van der Waals surface area contributed by atoms with Gasteiger partial charge in [0.1, 0.15) is 0 Å². The molecule has 1 aromatic carbocycles. The van der Waals surface area contributed by atoms with E-state index >= 15 is 0 Å². The smallest absolute Gasteiger partial charge is 0.309 e. The molecule has 0 aliphatic heterocycles. The lowest BCUT2D eigenvalue weighted by atomic mass is 10.2. The second-order valence-corrected chi connectivity index (χ2v) is 2.69.